The lowest BCUT2D eigenvalue weighted by atomic mass is 9.64. The summed E-state index contributed by atoms with van der Waals surface area (Å²) in [6.45, 7) is 2.73. The van der Waals surface area contributed by atoms with Gasteiger partial charge in [0, 0.05) is 35.5 Å². The van der Waals surface area contributed by atoms with Crippen molar-refractivity contribution in [3.05, 3.63) is 102 Å². The molecule has 1 amide bonds. The van der Waals surface area contributed by atoms with Gasteiger partial charge in [0.1, 0.15) is 17.0 Å². The maximum atomic E-state index is 13.4. The number of halogens is 2. The second-order valence-electron chi connectivity index (χ2n) is 9.45. The number of thioether (sulfide) groups is 1. The average Bonchev–Trinajstić information content (AvgIpc) is 3.20. The molecule has 0 spiro atoms. The minimum Gasteiger partial charge on any atom is -0.369 e. The Morgan fingerprint density at radius 3 is 2.09 bits per heavy atom. The fraction of sp³-hybridized carbons (Fsp3) is 0.321. The smallest absolute Gasteiger partial charge is 0.233 e. The molecule has 0 unspecified atom stereocenters. The predicted molar refractivity (Wildman–Crippen MR) is 133 cm³/mol. The highest BCUT2D eigenvalue weighted by Gasteiger charge is 2.53. The minimum absolute atomic E-state index is 0.0739. The number of primary amides is 1. The second kappa shape index (κ2) is 10.3. The number of quaternary nitrogens is 1. The first kappa shape index (κ1) is 24.4. The second-order valence-corrected chi connectivity index (χ2v) is 10.6. The predicted octanol–water partition coefficient (Wildman–Crippen LogP) is 5.39. The summed E-state index contributed by atoms with van der Waals surface area (Å²) < 4.78 is 27.7. The van der Waals surface area contributed by atoms with Gasteiger partial charge in [-0.25, -0.2) is 8.78 Å². The zero-order chi connectivity index (χ0) is 24.2. The molecule has 3 aromatic rings. The number of carbonyl (C=O) groups excluding carboxylic acids is 1. The molecule has 2 atom stereocenters. The minimum atomic E-state index is -0.883. The number of nitrogens with zero attached hydrogens (tertiary/aromatic N) is 1. The van der Waals surface area contributed by atoms with Gasteiger partial charge < -0.3 is 10.2 Å². The molecule has 4 rings (SSSR count). The highest BCUT2D eigenvalue weighted by molar-refractivity contribution is 7.99. The number of carbonyl (C=O) groups is 1. The van der Waals surface area contributed by atoms with E-state index in [1.165, 1.54) is 23.9 Å². The van der Waals surface area contributed by atoms with Crippen LogP contribution in [0.3, 0.4) is 0 Å². The van der Waals surface area contributed by atoms with E-state index in [-0.39, 0.29) is 11.8 Å². The van der Waals surface area contributed by atoms with Gasteiger partial charge in [0.05, 0.1) is 26.7 Å². The van der Waals surface area contributed by atoms with E-state index in [1.54, 1.807) is 0 Å². The summed E-state index contributed by atoms with van der Waals surface area (Å²) in [5.74, 6) is -0.557. The maximum absolute atomic E-state index is 13.4. The van der Waals surface area contributed by atoms with Gasteiger partial charge in [-0.05, 0) is 23.3 Å². The number of likely N-dealkylation sites (tertiary alicyclic amines) is 1. The standard InChI is InChI=1S/C28H30F2N2OS/c1-32(14-8-16-34-26-18-24(29)17-25(30)19-26)15-13-23(20-32)28(27(31)33,21-9-4-2-5-10-21)22-11-6-3-7-12-22/h2-7,9-12,17-19,23H,8,13-16,20H2,1H3,(H-,31,33)/p+1/t23-,32+/m1/s1. The van der Waals surface area contributed by atoms with Crippen molar-refractivity contribution in [1.29, 1.82) is 0 Å². The molecule has 34 heavy (non-hydrogen) atoms. The lowest BCUT2D eigenvalue weighted by Gasteiger charge is -2.38. The molecule has 1 saturated heterocycles. The van der Waals surface area contributed by atoms with E-state index in [0.717, 1.165) is 59.9 Å². The van der Waals surface area contributed by atoms with Crippen LogP contribution >= 0.6 is 11.8 Å². The molecule has 0 bridgehead atoms. The monoisotopic (exact) mass is 481 g/mol. The van der Waals surface area contributed by atoms with Crippen LogP contribution in [0.5, 0.6) is 0 Å². The highest BCUT2D eigenvalue weighted by Crippen LogP contribution is 2.45. The lowest BCUT2D eigenvalue weighted by Crippen LogP contribution is -2.51. The SMILES string of the molecule is C[N@+]1(CCCSc2cc(F)cc(F)c2)CC[C@@H](C(C(N)=O)(c2ccccc2)c2ccccc2)C1. The molecule has 3 nitrogen and oxygen atoms in total. The van der Waals surface area contributed by atoms with Crippen LogP contribution in [0.2, 0.25) is 0 Å². The van der Waals surface area contributed by atoms with Crippen LogP contribution in [0.4, 0.5) is 8.78 Å². The van der Waals surface area contributed by atoms with Gasteiger partial charge in [-0.2, -0.15) is 0 Å². The number of benzene rings is 3. The molecule has 1 aliphatic rings. The largest absolute Gasteiger partial charge is 0.369 e. The van der Waals surface area contributed by atoms with Crippen LogP contribution in [-0.2, 0) is 10.2 Å². The van der Waals surface area contributed by atoms with Crippen molar-refractivity contribution < 1.29 is 18.1 Å². The quantitative estimate of drug-likeness (QED) is 0.253. The fourth-order valence-electron chi connectivity index (χ4n) is 5.51. The van der Waals surface area contributed by atoms with Gasteiger partial charge in [0.25, 0.3) is 0 Å². The first-order valence-electron chi connectivity index (χ1n) is 11.7. The zero-order valence-corrected chi connectivity index (χ0v) is 20.2. The van der Waals surface area contributed by atoms with Crippen LogP contribution < -0.4 is 5.73 Å². The van der Waals surface area contributed by atoms with Crippen molar-refractivity contribution in [2.45, 2.75) is 23.2 Å². The average molecular weight is 482 g/mol. The molecular formula is C28H31F2N2OS+. The molecule has 178 valence electrons. The molecule has 3 aromatic carbocycles. The third-order valence-electron chi connectivity index (χ3n) is 7.08. The van der Waals surface area contributed by atoms with E-state index in [9.17, 15) is 13.6 Å². The summed E-state index contributed by atoms with van der Waals surface area (Å²) in [4.78, 5) is 13.9. The van der Waals surface area contributed by atoms with E-state index < -0.39 is 17.0 Å². The molecule has 0 radical (unpaired) electrons. The van der Waals surface area contributed by atoms with Crippen LogP contribution in [0.15, 0.2) is 83.8 Å². The van der Waals surface area contributed by atoms with Crippen molar-refractivity contribution in [2.75, 3.05) is 32.4 Å². The van der Waals surface area contributed by atoms with E-state index in [4.69, 9.17) is 5.73 Å². The van der Waals surface area contributed by atoms with Crippen molar-refractivity contribution in [2.24, 2.45) is 11.7 Å². The van der Waals surface area contributed by atoms with E-state index >= 15 is 0 Å². The number of rotatable bonds is 9. The molecule has 1 fully saturated rings. The summed E-state index contributed by atoms with van der Waals surface area (Å²) >= 11 is 1.47. The Kier molecular flexibility index (Phi) is 7.39. The summed E-state index contributed by atoms with van der Waals surface area (Å²) in [7, 11) is 2.23. The van der Waals surface area contributed by atoms with Crippen LogP contribution in [-0.4, -0.2) is 42.8 Å². The van der Waals surface area contributed by atoms with Gasteiger partial charge in [-0.1, -0.05) is 60.7 Å². The van der Waals surface area contributed by atoms with Crippen molar-refractivity contribution in [1.82, 2.24) is 0 Å². The Hall–Kier alpha value is -2.70. The fourth-order valence-corrected chi connectivity index (χ4v) is 6.41. The molecule has 0 saturated carbocycles. The number of nitrogens with two attached hydrogens (primary N) is 1. The molecule has 1 aliphatic heterocycles. The highest BCUT2D eigenvalue weighted by atomic mass is 32.2. The van der Waals surface area contributed by atoms with E-state index in [2.05, 4.69) is 7.05 Å². The lowest BCUT2D eigenvalue weighted by molar-refractivity contribution is -0.899. The Labute approximate surface area is 204 Å². The van der Waals surface area contributed by atoms with Gasteiger partial charge in [0.15, 0.2) is 0 Å². The maximum Gasteiger partial charge on any atom is 0.233 e. The van der Waals surface area contributed by atoms with Crippen molar-refractivity contribution in [3.8, 4) is 0 Å². The summed E-state index contributed by atoms with van der Waals surface area (Å²) in [6, 6.07) is 23.4. The Balaban J connectivity index is 1.51. The summed E-state index contributed by atoms with van der Waals surface area (Å²) in [6.07, 6.45) is 1.80. The molecule has 6 heteroatoms. The van der Waals surface area contributed by atoms with Gasteiger partial charge >= 0.3 is 0 Å². The molecule has 2 N–H and O–H groups in total. The summed E-state index contributed by atoms with van der Waals surface area (Å²) in [5, 5.41) is 0. The number of amides is 1. The number of hydrogen-bond donors (Lipinski definition) is 1. The Morgan fingerprint density at radius 1 is 1.00 bits per heavy atom. The normalized spacial score (nSPS) is 20.4. The van der Waals surface area contributed by atoms with Crippen LogP contribution in [0.1, 0.15) is 24.0 Å². The van der Waals surface area contributed by atoms with Crippen molar-refractivity contribution in [3.63, 3.8) is 0 Å². The molecular weight excluding hydrogens is 450 g/mol. The first-order valence-corrected chi connectivity index (χ1v) is 12.7. The van der Waals surface area contributed by atoms with Crippen molar-refractivity contribution >= 4 is 17.7 Å². The Bertz CT molecular complexity index is 1070. The van der Waals surface area contributed by atoms with Gasteiger partial charge in [-0.15, -0.1) is 11.8 Å². The third kappa shape index (κ3) is 5.03. The topological polar surface area (TPSA) is 43.1 Å². The number of hydrogen-bond acceptors (Lipinski definition) is 2. The zero-order valence-electron chi connectivity index (χ0n) is 19.4. The van der Waals surface area contributed by atoms with E-state index in [0.29, 0.717) is 4.90 Å². The summed E-state index contributed by atoms with van der Waals surface area (Å²) in [5.41, 5.74) is 7.20. The molecule has 0 aliphatic carbocycles. The van der Waals surface area contributed by atoms with Gasteiger partial charge in [0.2, 0.25) is 5.91 Å². The van der Waals surface area contributed by atoms with Crippen LogP contribution in [0, 0.1) is 17.6 Å². The molecule has 1 heterocycles. The molecule has 0 aromatic heterocycles. The third-order valence-corrected chi connectivity index (χ3v) is 8.15. The van der Waals surface area contributed by atoms with Crippen LogP contribution in [0.25, 0.3) is 0 Å². The Morgan fingerprint density at radius 2 is 1.56 bits per heavy atom. The first-order chi connectivity index (χ1) is 16.3. The van der Waals surface area contributed by atoms with E-state index in [1.807, 2.05) is 60.7 Å². The van der Waals surface area contributed by atoms with Gasteiger partial charge in [-0.3, -0.25) is 4.79 Å².